The molecule has 0 radical (unpaired) electrons. The maximum atomic E-state index is 13.8. The van der Waals surface area contributed by atoms with E-state index in [-0.39, 0.29) is 55.6 Å². The molecule has 9 heteroatoms. The van der Waals surface area contributed by atoms with Crippen LogP contribution in [-0.4, -0.2) is 52.1 Å². The molecule has 4 amide bonds. The highest BCUT2D eigenvalue weighted by molar-refractivity contribution is 6.35. The third-order valence-corrected chi connectivity index (χ3v) is 7.30. The molecule has 0 spiro atoms. The summed E-state index contributed by atoms with van der Waals surface area (Å²) in [7, 11) is 0. The quantitative estimate of drug-likeness (QED) is 0.302. The number of carbonyl (C=O) groups excluding carboxylic acids is 4. The van der Waals surface area contributed by atoms with Crippen LogP contribution in [0.4, 0.5) is 0 Å². The van der Waals surface area contributed by atoms with Gasteiger partial charge >= 0.3 is 0 Å². The number of hydrogen-bond donors (Lipinski definition) is 1. The molecule has 1 aliphatic rings. The summed E-state index contributed by atoms with van der Waals surface area (Å²) in [6, 6.07) is 20.3. The molecule has 3 aromatic carbocycles. The molecule has 0 bridgehead atoms. The Balaban J connectivity index is 1.57. The number of imide groups is 1. The number of benzene rings is 3. The average Bonchev–Trinajstić information content (AvgIpc) is 3.16. The summed E-state index contributed by atoms with van der Waals surface area (Å²) in [6.07, 6.45) is 0.576. The number of carbonyl (C=O) groups is 4. The van der Waals surface area contributed by atoms with Crippen molar-refractivity contribution in [2.75, 3.05) is 6.54 Å². The van der Waals surface area contributed by atoms with Crippen LogP contribution in [0.5, 0.6) is 0 Å². The first-order valence-corrected chi connectivity index (χ1v) is 13.9. The first-order chi connectivity index (χ1) is 19.2. The van der Waals surface area contributed by atoms with Gasteiger partial charge in [-0.2, -0.15) is 0 Å². The van der Waals surface area contributed by atoms with Gasteiger partial charge in [-0.15, -0.1) is 0 Å². The summed E-state index contributed by atoms with van der Waals surface area (Å²) in [4.78, 5) is 55.5. The van der Waals surface area contributed by atoms with Gasteiger partial charge in [0, 0.05) is 42.0 Å². The Labute approximate surface area is 244 Å². The van der Waals surface area contributed by atoms with Crippen LogP contribution in [0.1, 0.15) is 58.5 Å². The smallest absolute Gasteiger partial charge is 0.261 e. The van der Waals surface area contributed by atoms with E-state index in [0.29, 0.717) is 33.2 Å². The number of hydrogen-bond acceptors (Lipinski definition) is 4. The largest absolute Gasteiger partial charge is 0.352 e. The minimum absolute atomic E-state index is 0.0266. The molecule has 7 nitrogen and oxygen atoms in total. The van der Waals surface area contributed by atoms with E-state index in [1.807, 2.05) is 44.2 Å². The van der Waals surface area contributed by atoms with E-state index in [2.05, 4.69) is 5.32 Å². The van der Waals surface area contributed by atoms with Crippen LogP contribution in [-0.2, 0) is 22.6 Å². The van der Waals surface area contributed by atoms with Crippen molar-refractivity contribution in [3.8, 4) is 0 Å². The van der Waals surface area contributed by atoms with E-state index < -0.39 is 6.04 Å². The predicted octanol–water partition coefficient (Wildman–Crippen LogP) is 5.53. The molecule has 4 rings (SSSR count). The van der Waals surface area contributed by atoms with Crippen molar-refractivity contribution in [1.82, 2.24) is 15.1 Å². The molecule has 3 aromatic rings. The van der Waals surface area contributed by atoms with Crippen molar-refractivity contribution in [2.45, 2.75) is 51.7 Å². The van der Waals surface area contributed by atoms with Gasteiger partial charge in [0.1, 0.15) is 6.04 Å². The number of nitrogens with one attached hydrogen (secondary N) is 1. The summed E-state index contributed by atoms with van der Waals surface area (Å²) in [5.74, 6) is -1.30. The molecule has 40 heavy (non-hydrogen) atoms. The van der Waals surface area contributed by atoms with E-state index in [1.165, 1.54) is 9.80 Å². The maximum Gasteiger partial charge on any atom is 0.261 e. The lowest BCUT2D eigenvalue weighted by molar-refractivity contribution is -0.141. The molecule has 0 unspecified atom stereocenters. The van der Waals surface area contributed by atoms with E-state index in [4.69, 9.17) is 23.2 Å². The van der Waals surface area contributed by atoms with E-state index >= 15 is 0 Å². The Morgan fingerprint density at radius 2 is 1.52 bits per heavy atom. The van der Waals surface area contributed by atoms with Crippen LogP contribution < -0.4 is 5.32 Å². The van der Waals surface area contributed by atoms with Gasteiger partial charge in [-0.3, -0.25) is 24.1 Å². The molecular formula is C31H31Cl2N3O4. The molecule has 0 aliphatic carbocycles. The normalized spacial score (nSPS) is 13.4. The van der Waals surface area contributed by atoms with Gasteiger partial charge in [0.2, 0.25) is 11.8 Å². The van der Waals surface area contributed by atoms with Crippen LogP contribution >= 0.6 is 23.2 Å². The summed E-state index contributed by atoms with van der Waals surface area (Å²) in [5, 5.41) is 3.80. The zero-order valence-corrected chi connectivity index (χ0v) is 23.9. The third kappa shape index (κ3) is 6.90. The fourth-order valence-electron chi connectivity index (χ4n) is 4.74. The lowest BCUT2D eigenvalue weighted by atomic mass is 10.0. The minimum Gasteiger partial charge on any atom is -0.352 e. The molecule has 0 saturated heterocycles. The topological polar surface area (TPSA) is 86.8 Å². The number of amides is 4. The highest BCUT2D eigenvalue weighted by Crippen LogP contribution is 2.26. The second-order valence-corrected chi connectivity index (χ2v) is 10.9. The Morgan fingerprint density at radius 3 is 2.12 bits per heavy atom. The lowest BCUT2D eigenvalue weighted by Gasteiger charge is -2.32. The van der Waals surface area contributed by atoms with E-state index in [9.17, 15) is 19.2 Å². The van der Waals surface area contributed by atoms with E-state index in [0.717, 1.165) is 5.56 Å². The van der Waals surface area contributed by atoms with Gasteiger partial charge < -0.3 is 10.2 Å². The van der Waals surface area contributed by atoms with Gasteiger partial charge in [0.05, 0.1) is 11.1 Å². The molecule has 0 aromatic heterocycles. The van der Waals surface area contributed by atoms with Gasteiger partial charge in [-0.25, -0.2) is 0 Å². The van der Waals surface area contributed by atoms with Crippen LogP contribution in [0.3, 0.4) is 0 Å². The second kappa shape index (κ2) is 13.1. The fraction of sp³-hybridized carbons (Fsp3) is 0.290. The highest BCUT2D eigenvalue weighted by atomic mass is 35.5. The molecule has 0 saturated carbocycles. The van der Waals surface area contributed by atoms with Gasteiger partial charge in [0.15, 0.2) is 0 Å². The summed E-state index contributed by atoms with van der Waals surface area (Å²) >= 11 is 12.6. The van der Waals surface area contributed by atoms with Crippen molar-refractivity contribution in [3.63, 3.8) is 0 Å². The van der Waals surface area contributed by atoms with Crippen LogP contribution in [0.15, 0.2) is 72.8 Å². The fourth-order valence-corrected chi connectivity index (χ4v) is 5.21. The summed E-state index contributed by atoms with van der Waals surface area (Å²) in [6.45, 7) is 3.91. The second-order valence-electron chi connectivity index (χ2n) is 10.0. The summed E-state index contributed by atoms with van der Waals surface area (Å²) < 4.78 is 0. The number of fused-ring (bicyclic) bond motifs is 1. The molecule has 208 valence electrons. The molecule has 1 aliphatic heterocycles. The predicted molar refractivity (Wildman–Crippen MR) is 155 cm³/mol. The lowest BCUT2D eigenvalue weighted by Crippen LogP contribution is -2.51. The van der Waals surface area contributed by atoms with Gasteiger partial charge in [-0.1, -0.05) is 71.7 Å². The van der Waals surface area contributed by atoms with Crippen molar-refractivity contribution in [3.05, 3.63) is 105 Å². The molecule has 1 atom stereocenters. The highest BCUT2D eigenvalue weighted by Gasteiger charge is 2.35. The monoisotopic (exact) mass is 579 g/mol. The number of halogens is 2. The van der Waals surface area contributed by atoms with E-state index in [1.54, 1.807) is 42.5 Å². The Hall–Kier alpha value is -3.68. The standard InChI is InChI=1S/C31H31Cl2N3O4/c1-20(2)34-29(38)27(17-21-9-4-3-5-10-21)36(19-22-14-15-23(32)18-26(22)33)28(37)13-8-16-35-30(39)24-11-6-7-12-25(24)31(35)40/h3-7,9-12,14-15,18,20,27H,8,13,16-17,19H2,1-2H3,(H,34,38)/t27-/m0/s1. The average molecular weight is 581 g/mol. The molecule has 1 heterocycles. The minimum atomic E-state index is -0.816. The maximum absolute atomic E-state index is 13.8. The van der Waals surface area contributed by atoms with Gasteiger partial charge in [-0.05, 0) is 55.7 Å². The van der Waals surface area contributed by atoms with Gasteiger partial charge in [0.25, 0.3) is 11.8 Å². The molecular weight excluding hydrogens is 549 g/mol. The number of rotatable bonds is 11. The van der Waals surface area contributed by atoms with Crippen molar-refractivity contribution < 1.29 is 19.2 Å². The molecule has 0 fully saturated rings. The third-order valence-electron chi connectivity index (χ3n) is 6.71. The van der Waals surface area contributed by atoms with Crippen molar-refractivity contribution in [2.24, 2.45) is 0 Å². The Bertz CT molecular complexity index is 1380. The molecule has 1 N–H and O–H groups in total. The SMILES string of the molecule is CC(C)NC(=O)[C@H](Cc1ccccc1)N(Cc1ccc(Cl)cc1Cl)C(=O)CCCN1C(=O)c2ccccc2C1=O. The zero-order valence-electron chi connectivity index (χ0n) is 22.4. The van der Waals surface area contributed by atoms with Crippen molar-refractivity contribution in [1.29, 1.82) is 0 Å². The first kappa shape index (κ1) is 29.3. The van der Waals surface area contributed by atoms with Crippen LogP contribution in [0.25, 0.3) is 0 Å². The van der Waals surface area contributed by atoms with Crippen LogP contribution in [0, 0.1) is 0 Å². The first-order valence-electron chi connectivity index (χ1n) is 13.2. The Morgan fingerprint density at radius 1 is 0.900 bits per heavy atom. The Kier molecular flexibility index (Phi) is 9.61. The van der Waals surface area contributed by atoms with Crippen LogP contribution in [0.2, 0.25) is 10.0 Å². The number of nitrogens with zero attached hydrogens (tertiary/aromatic N) is 2. The zero-order chi connectivity index (χ0) is 28.8. The van der Waals surface area contributed by atoms with Crippen molar-refractivity contribution >= 4 is 46.8 Å². The summed E-state index contributed by atoms with van der Waals surface area (Å²) in [5.41, 5.74) is 2.28.